The van der Waals surface area contributed by atoms with Crippen molar-refractivity contribution in [3.63, 3.8) is 0 Å². The summed E-state index contributed by atoms with van der Waals surface area (Å²) in [6.07, 6.45) is 8.82. The van der Waals surface area contributed by atoms with Crippen molar-refractivity contribution in [2.24, 2.45) is 5.92 Å². The summed E-state index contributed by atoms with van der Waals surface area (Å²) < 4.78 is 5.88. The quantitative estimate of drug-likeness (QED) is 0.901. The molecule has 3 rings (SSSR count). The molecule has 20 heavy (non-hydrogen) atoms. The second-order valence-corrected chi connectivity index (χ2v) is 6.45. The molecule has 2 aliphatic rings. The molecule has 0 radical (unpaired) electrons. The number of aromatic nitrogens is 2. The van der Waals surface area contributed by atoms with Crippen LogP contribution in [0.1, 0.15) is 62.5 Å². The molecular formula is C16H25N3O. The normalized spacial score (nSPS) is 30.0. The molecule has 1 saturated carbocycles. The van der Waals surface area contributed by atoms with Gasteiger partial charge in [-0.3, -0.25) is 0 Å². The fourth-order valence-electron chi connectivity index (χ4n) is 3.57. The fourth-order valence-corrected chi connectivity index (χ4v) is 3.57. The summed E-state index contributed by atoms with van der Waals surface area (Å²) >= 11 is 0. The predicted octanol–water partition coefficient (Wildman–Crippen LogP) is 2.99. The van der Waals surface area contributed by atoms with E-state index >= 15 is 0 Å². The maximum absolute atomic E-state index is 6.18. The van der Waals surface area contributed by atoms with Crippen LogP contribution in [-0.4, -0.2) is 17.1 Å². The number of ether oxygens (including phenoxy) is 1. The first-order chi connectivity index (χ1) is 9.64. The van der Waals surface area contributed by atoms with E-state index < -0.39 is 0 Å². The summed E-state index contributed by atoms with van der Waals surface area (Å²) in [5.74, 6) is 2.28. The van der Waals surface area contributed by atoms with E-state index in [2.05, 4.69) is 11.9 Å². The van der Waals surface area contributed by atoms with Gasteiger partial charge in [0.15, 0.2) is 5.82 Å². The molecule has 1 fully saturated rings. The van der Waals surface area contributed by atoms with E-state index in [1.807, 2.05) is 0 Å². The smallest absolute Gasteiger partial charge is 0.162 e. The van der Waals surface area contributed by atoms with Gasteiger partial charge in [-0.2, -0.15) is 0 Å². The van der Waals surface area contributed by atoms with Gasteiger partial charge in [0.1, 0.15) is 11.4 Å². The Balaban J connectivity index is 1.98. The molecule has 4 nitrogen and oxygen atoms in total. The molecule has 0 atom stereocenters. The van der Waals surface area contributed by atoms with E-state index in [1.165, 1.54) is 31.2 Å². The minimum atomic E-state index is -0.312. The van der Waals surface area contributed by atoms with Crippen LogP contribution < -0.4 is 5.73 Å². The standard InChI is InChI=1S/C16H25N3O/c1-11-7-9-16(20-2,10-8-11)15-18-13-6-4-3-5-12(13)14(17)19-15/h11H,3-10H2,1-2H3,(H2,17,18,19). The fraction of sp³-hybridized carbons (Fsp3) is 0.750. The third-order valence-electron chi connectivity index (χ3n) is 5.10. The van der Waals surface area contributed by atoms with Crippen molar-refractivity contribution in [2.75, 3.05) is 12.8 Å². The summed E-state index contributed by atoms with van der Waals surface area (Å²) in [4.78, 5) is 9.47. The minimum absolute atomic E-state index is 0.312. The lowest BCUT2D eigenvalue weighted by molar-refractivity contribution is -0.0598. The molecule has 1 aromatic rings. The summed E-state index contributed by atoms with van der Waals surface area (Å²) in [5.41, 5.74) is 8.21. The Hall–Kier alpha value is -1.16. The van der Waals surface area contributed by atoms with Gasteiger partial charge in [0.25, 0.3) is 0 Å². The number of anilines is 1. The van der Waals surface area contributed by atoms with E-state index in [1.54, 1.807) is 7.11 Å². The second kappa shape index (κ2) is 5.32. The van der Waals surface area contributed by atoms with Gasteiger partial charge in [0, 0.05) is 18.4 Å². The Bertz CT molecular complexity index is 493. The number of nitrogen functional groups attached to an aromatic ring is 1. The van der Waals surface area contributed by atoms with Gasteiger partial charge in [-0.25, -0.2) is 9.97 Å². The van der Waals surface area contributed by atoms with Gasteiger partial charge in [-0.1, -0.05) is 6.92 Å². The topological polar surface area (TPSA) is 61.0 Å². The molecule has 0 aromatic carbocycles. The van der Waals surface area contributed by atoms with Crippen molar-refractivity contribution in [3.8, 4) is 0 Å². The highest BCUT2D eigenvalue weighted by Crippen LogP contribution is 2.41. The Morgan fingerprint density at radius 2 is 1.85 bits per heavy atom. The first kappa shape index (κ1) is 13.8. The second-order valence-electron chi connectivity index (χ2n) is 6.45. The highest BCUT2D eigenvalue weighted by Gasteiger charge is 2.39. The molecule has 4 heteroatoms. The third kappa shape index (κ3) is 2.30. The predicted molar refractivity (Wildman–Crippen MR) is 79.4 cm³/mol. The molecular weight excluding hydrogens is 250 g/mol. The van der Waals surface area contributed by atoms with Crippen molar-refractivity contribution in [3.05, 3.63) is 17.1 Å². The zero-order valence-electron chi connectivity index (χ0n) is 12.6. The van der Waals surface area contributed by atoms with Gasteiger partial charge in [0.05, 0.1) is 0 Å². The van der Waals surface area contributed by atoms with Crippen LogP contribution in [0.25, 0.3) is 0 Å². The maximum atomic E-state index is 6.18. The average Bonchev–Trinajstić information content (AvgIpc) is 2.48. The largest absolute Gasteiger partial charge is 0.383 e. The molecule has 2 aliphatic carbocycles. The Morgan fingerprint density at radius 3 is 2.55 bits per heavy atom. The third-order valence-corrected chi connectivity index (χ3v) is 5.10. The number of nitrogens with two attached hydrogens (primary N) is 1. The van der Waals surface area contributed by atoms with Gasteiger partial charge in [0.2, 0.25) is 0 Å². The monoisotopic (exact) mass is 275 g/mol. The minimum Gasteiger partial charge on any atom is -0.383 e. The van der Waals surface area contributed by atoms with Gasteiger partial charge < -0.3 is 10.5 Å². The molecule has 1 aromatic heterocycles. The van der Waals surface area contributed by atoms with Crippen LogP contribution in [0.3, 0.4) is 0 Å². The number of nitrogens with zero attached hydrogens (tertiary/aromatic N) is 2. The first-order valence-corrected chi connectivity index (χ1v) is 7.85. The number of hydrogen-bond donors (Lipinski definition) is 1. The van der Waals surface area contributed by atoms with E-state index in [-0.39, 0.29) is 5.60 Å². The molecule has 0 amide bonds. The van der Waals surface area contributed by atoms with E-state index in [0.29, 0.717) is 5.82 Å². The number of methoxy groups -OCH3 is 1. The molecule has 0 saturated heterocycles. The van der Waals surface area contributed by atoms with Crippen molar-refractivity contribution in [2.45, 2.75) is 63.9 Å². The maximum Gasteiger partial charge on any atom is 0.162 e. The zero-order chi connectivity index (χ0) is 14.2. The van der Waals surface area contributed by atoms with Crippen molar-refractivity contribution in [1.29, 1.82) is 0 Å². The molecule has 110 valence electrons. The van der Waals surface area contributed by atoms with Crippen LogP contribution in [0, 0.1) is 5.92 Å². The number of hydrogen-bond acceptors (Lipinski definition) is 4. The zero-order valence-corrected chi connectivity index (χ0v) is 12.6. The first-order valence-electron chi connectivity index (χ1n) is 7.85. The lowest BCUT2D eigenvalue weighted by Crippen LogP contribution is -2.36. The highest BCUT2D eigenvalue weighted by atomic mass is 16.5. The average molecular weight is 275 g/mol. The summed E-state index contributed by atoms with van der Waals surface area (Å²) in [5, 5.41) is 0. The summed E-state index contributed by atoms with van der Waals surface area (Å²) in [6.45, 7) is 2.31. The van der Waals surface area contributed by atoms with Crippen molar-refractivity contribution in [1.82, 2.24) is 9.97 Å². The van der Waals surface area contributed by atoms with Crippen molar-refractivity contribution >= 4 is 5.82 Å². The lowest BCUT2D eigenvalue weighted by Gasteiger charge is -2.37. The van der Waals surface area contributed by atoms with Crippen molar-refractivity contribution < 1.29 is 4.74 Å². The SMILES string of the molecule is COC1(c2nc(N)c3c(n2)CCCC3)CCC(C)CC1. The molecule has 0 bridgehead atoms. The number of rotatable bonds is 2. The Labute approximate surface area is 121 Å². The highest BCUT2D eigenvalue weighted by molar-refractivity contribution is 5.44. The molecule has 2 N–H and O–H groups in total. The van der Waals surface area contributed by atoms with Crippen LogP contribution >= 0.6 is 0 Å². The van der Waals surface area contributed by atoms with E-state index in [0.717, 1.165) is 43.1 Å². The van der Waals surface area contributed by atoms with Crippen LogP contribution in [0.4, 0.5) is 5.82 Å². The van der Waals surface area contributed by atoms with E-state index in [4.69, 9.17) is 15.5 Å². The molecule has 0 spiro atoms. The number of aryl methyl sites for hydroxylation is 1. The molecule has 1 heterocycles. The Kier molecular flexibility index (Phi) is 3.67. The molecule has 0 unspecified atom stereocenters. The van der Waals surface area contributed by atoms with Gasteiger partial charge >= 0.3 is 0 Å². The lowest BCUT2D eigenvalue weighted by atomic mass is 9.78. The van der Waals surface area contributed by atoms with Gasteiger partial charge in [-0.15, -0.1) is 0 Å². The Morgan fingerprint density at radius 1 is 1.15 bits per heavy atom. The van der Waals surface area contributed by atoms with Crippen LogP contribution in [0.2, 0.25) is 0 Å². The summed E-state index contributed by atoms with van der Waals surface area (Å²) in [6, 6.07) is 0. The summed E-state index contributed by atoms with van der Waals surface area (Å²) in [7, 11) is 1.79. The van der Waals surface area contributed by atoms with Crippen LogP contribution in [0.5, 0.6) is 0 Å². The van der Waals surface area contributed by atoms with E-state index in [9.17, 15) is 0 Å². The van der Waals surface area contributed by atoms with Crippen LogP contribution in [0.15, 0.2) is 0 Å². The van der Waals surface area contributed by atoms with Gasteiger partial charge in [-0.05, 0) is 57.3 Å². The number of fused-ring (bicyclic) bond motifs is 1. The van der Waals surface area contributed by atoms with Crippen LogP contribution in [-0.2, 0) is 23.2 Å². The molecule has 0 aliphatic heterocycles.